The van der Waals surface area contributed by atoms with Crippen LogP contribution in [0.4, 0.5) is 5.69 Å². The van der Waals surface area contributed by atoms with Gasteiger partial charge in [0.2, 0.25) is 11.8 Å². The van der Waals surface area contributed by atoms with Crippen LogP contribution in [0.15, 0.2) is 34.7 Å². The van der Waals surface area contributed by atoms with E-state index in [1.54, 1.807) is 11.9 Å². The summed E-state index contributed by atoms with van der Waals surface area (Å²) in [6, 6.07) is 9.51. The third-order valence-corrected chi connectivity index (χ3v) is 5.65. The van der Waals surface area contributed by atoms with Crippen LogP contribution in [0.25, 0.3) is 0 Å². The highest BCUT2D eigenvalue weighted by Gasteiger charge is 2.22. The molecule has 0 bridgehead atoms. The molecule has 1 aromatic carbocycles. The Kier molecular flexibility index (Phi) is 5.79. The minimum Gasteiger partial charge on any atom is -0.369 e. The van der Waals surface area contributed by atoms with Gasteiger partial charge in [-0.1, -0.05) is 30.0 Å². The molecule has 0 aliphatic carbocycles. The van der Waals surface area contributed by atoms with Crippen molar-refractivity contribution in [1.82, 2.24) is 4.98 Å². The van der Waals surface area contributed by atoms with Crippen molar-refractivity contribution in [2.45, 2.75) is 29.9 Å². The summed E-state index contributed by atoms with van der Waals surface area (Å²) in [5, 5.41) is -0.271. The number of thiazole rings is 1. The van der Waals surface area contributed by atoms with Crippen molar-refractivity contribution in [3.63, 3.8) is 0 Å². The first-order valence-electron chi connectivity index (χ1n) is 7.12. The number of aryl methyl sites for hydroxylation is 1. The van der Waals surface area contributed by atoms with Gasteiger partial charge in [0.1, 0.15) is 0 Å². The van der Waals surface area contributed by atoms with Gasteiger partial charge in [-0.05, 0) is 26.0 Å². The summed E-state index contributed by atoms with van der Waals surface area (Å²) in [6.45, 7) is 3.71. The van der Waals surface area contributed by atoms with E-state index in [1.165, 1.54) is 23.1 Å². The van der Waals surface area contributed by atoms with E-state index in [0.717, 1.165) is 20.6 Å². The molecule has 23 heavy (non-hydrogen) atoms. The normalized spacial score (nSPS) is 12.0. The molecule has 0 spiro atoms. The van der Waals surface area contributed by atoms with Gasteiger partial charge in [-0.2, -0.15) is 0 Å². The van der Waals surface area contributed by atoms with E-state index in [2.05, 4.69) is 4.98 Å². The molecule has 0 unspecified atom stereocenters. The Morgan fingerprint density at radius 3 is 2.61 bits per heavy atom. The molecule has 2 aromatic rings. The minimum absolute atomic E-state index is 0.00510. The lowest BCUT2D eigenvalue weighted by Gasteiger charge is -2.20. The molecule has 0 saturated heterocycles. The lowest BCUT2D eigenvalue weighted by Crippen LogP contribution is -2.33. The standard InChI is InChI=1S/C16H19N3O2S2/c1-10-13(9-14(17)20)23-16(18-10)22-11(2)15(21)19(3)12-7-5-4-6-8-12/h4-8,11H,9H2,1-3H3,(H2,17,20)/t11-/m0/s1. The monoisotopic (exact) mass is 349 g/mol. The first-order valence-corrected chi connectivity index (χ1v) is 8.82. The van der Waals surface area contributed by atoms with Gasteiger partial charge in [-0.25, -0.2) is 4.98 Å². The maximum atomic E-state index is 12.5. The number of hydrogen-bond donors (Lipinski definition) is 1. The maximum absolute atomic E-state index is 12.5. The minimum atomic E-state index is -0.374. The molecule has 122 valence electrons. The number of amides is 2. The molecule has 0 fully saturated rings. The lowest BCUT2D eigenvalue weighted by atomic mass is 10.3. The van der Waals surface area contributed by atoms with Crippen LogP contribution >= 0.6 is 23.1 Å². The van der Waals surface area contributed by atoms with Gasteiger partial charge in [0.05, 0.1) is 17.4 Å². The van der Waals surface area contributed by atoms with Gasteiger partial charge in [-0.15, -0.1) is 11.3 Å². The molecule has 0 aliphatic heterocycles. The Bertz CT molecular complexity index is 701. The van der Waals surface area contributed by atoms with Crippen LogP contribution in [0.2, 0.25) is 0 Å². The average Bonchev–Trinajstić information content (AvgIpc) is 2.85. The quantitative estimate of drug-likeness (QED) is 0.813. The Morgan fingerprint density at radius 1 is 1.35 bits per heavy atom. The zero-order valence-corrected chi connectivity index (χ0v) is 14.9. The highest BCUT2D eigenvalue weighted by molar-refractivity contribution is 8.02. The summed E-state index contributed by atoms with van der Waals surface area (Å²) in [6.07, 6.45) is 0.191. The zero-order valence-electron chi connectivity index (χ0n) is 13.3. The van der Waals surface area contributed by atoms with Gasteiger partial charge < -0.3 is 10.6 Å². The summed E-state index contributed by atoms with van der Waals surface area (Å²) in [7, 11) is 1.76. The second kappa shape index (κ2) is 7.61. The molecule has 5 nitrogen and oxygen atoms in total. The van der Waals surface area contributed by atoms with Crippen LogP contribution in [-0.4, -0.2) is 29.1 Å². The molecule has 7 heteroatoms. The fourth-order valence-electron chi connectivity index (χ4n) is 2.03. The average molecular weight is 349 g/mol. The molecule has 0 saturated carbocycles. The number of anilines is 1. The number of thioether (sulfide) groups is 1. The largest absolute Gasteiger partial charge is 0.369 e. The highest BCUT2D eigenvalue weighted by Crippen LogP contribution is 2.31. The van der Waals surface area contributed by atoms with E-state index in [1.807, 2.05) is 44.2 Å². The predicted molar refractivity (Wildman–Crippen MR) is 94.9 cm³/mol. The van der Waals surface area contributed by atoms with Gasteiger partial charge in [-0.3, -0.25) is 9.59 Å². The fourth-order valence-corrected chi connectivity index (χ4v) is 4.51. The lowest BCUT2D eigenvalue weighted by molar-refractivity contribution is -0.118. The van der Waals surface area contributed by atoms with E-state index < -0.39 is 0 Å². The Morgan fingerprint density at radius 2 is 2.00 bits per heavy atom. The van der Waals surface area contributed by atoms with Crippen LogP contribution in [0.1, 0.15) is 17.5 Å². The summed E-state index contributed by atoms with van der Waals surface area (Å²) < 4.78 is 0.779. The molecule has 2 N–H and O–H groups in total. The van der Waals surface area contributed by atoms with Crippen molar-refractivity contribution in [3.8, 4) is 0 Å². The van der Waals surface area contributed by atoms with Crippen LogP contribution in [0.5, 0.6) is 0 Å². The van der Waals surface area contributed by atoms with Crippen LogP contribution < -0.4 is 10.6 Å². The second-order valence-corrected chi connectivity index (χ2v) is 7.80. The number of aromatic nitrogens is 1. The number of benzene rings is 1. The number of para-hydroxylation sites is 1. The van der Waals surface area contributed by atoms with E-state index >= 15 is 0 Å². The number of carbonyl (C=O) groups is 2. The molecule has 0 radical (unpaired) electrons. The van der Waals surface area contributed by atoms with Crippen LogP contribution in [0, 0.1) is 6.92 Å². The van der Waals surface area contributed by atoms with Gasteiger partial charge in [0.15, 0.2) is 4.34 Å². The molecular weight excluding hydrogens is 330 g/mol. The molecule has 2 amide bonds. The summed E-state index contributed by atoms with van der Waals surface area (Å²) >= 11 is 2.82. The fraction of sp³-hybridized carbons (Fsp3) is 0.312. The van der Waals surface area contributed by atoms with Crippen LogP contribution in [-0.2, 0) is 16.0 Å². The third-order valence-electron chi connectivity index (χ3n) is 3.31. The number of nitrogens with zero attached hydrogens (tertiary/aromatic N) is 2. The third kappa shape index (κ3) is 4.56. The summed E-state index contributed by atoms with van der Waals surface area (Å²) in [4.78, 5) is 30.5. The molecule has 1 aromatic heterocycles. The van der Waals surface area contributed by atoms with E-state index in [0.29, 0.717) is 0 Å². The van der Waals surface area contributed by atoms with Crippen molar-refractivity contribution in [2.75, 3.05) is 11.9 Å². The molecule has 1 heterocycles. The van der Waals surface area contributed by atoms with E-state index in [4.69, 9.17) is 5.73 Å². The van der Waals surface area contributed by atoms with Crippen molar-refractivity contribution in [1.29, 1.82) is 0 Å². The Hall–Kier alpha value is -1.86. The van der Waals surface area contributed by atoms with E-state index in [-0.39, 0.29) is 23.5 Å². The van der Waals surface area contributed by atoms with Crippen molar-refractivity contribution < 1.29 is 9.59 Å². The first kappa shape index (κ1) is 17.5. The zero-order chi connectivity index (χ0) is 17.0. The smallest absolute Gasteiger partial charge is 0.240 e. The van der Waals surface area contributed by atoms with Crippen molar-refractivity contribution >= 4 is 40.6 Å². The number of rotatable bonds is 6. The molecular formula is C16H19N3O2S2. The predicted octanol–water partition coefficient (Wildman–Crippen LogP) is 2.62. The number of carbonyl (C=O) groups excluding carboxylic acids is 2. The molecule has 2 rings (SSSR count). The second-order valence-electron chi connectivity index (χ2n) is 5.12. The topological polar surface area (TPSA) is 76.3 Å². The Balaban J connectivity index is 2.05. The number of hydrogen-bond acceptors (Lipinski definition) is 5. The first-order chi connectivity index (χ1) is 10.9. The summed E-state index contributed by atoms with van der Waals surface area (Å²) in [5.74, 6) is -0.369. The highest BCUT2D eigenvalue weighted by atomic mass is 32.2. The van der Waals surface area contributed by atoms with E-state index in [9.17, 15) is 9.59 Å². The molecule has 1 atom stereocenters. The van der Waals surface area contributed by atoms with Gasteiger partial charge in [0, 0.05) is 17.6 Å². The SMILES string of the molecule is Cc1nc(S[C@@H](C)C(=O)N(C)c2ccccc2)sc1CC(N)=O. The van der Waals surface area contributed by atoms with Gasteiger partial charge in [0.25, 0.3) is 0 Å². The maximum Gasteiger partial charge on any atom is 0.240 e. The van der Waals surface area contributed by atoms with Gasteiger partial charge >= 0.3 is 0 Å². The van der Waals surface area contributed by atoms with Crippen molar-refractivity contribution in [3.05, 3.63) is 40.9 Å². The number of nitrogens with two attached hydrogens (primary N) is 1. The Labute approximate surface area is 143 Å². The molecule has 0 aliphatic rings. The van der Waals surface area contributed by atoms with Crippen molar-refractivity contribution in [2.24, 2.45) is 5.73 Å². The van der Waals surface area contributed by atoms with Crippen LogP contribution in [0.3, 0.4) is 0 Å². The number of primary amides is 1. The summed E-state index contributed by atoms with van der Waals surface area (Å²) in [5.41, 5.74) is 6.88.